The van der Waals surface area contributed by atoms with E-state index in [4.69, 9.17) is 4.74 Å². The molecule has 9 nitrogen and oxygen atoms in total. The van der Waals surface area contributed by atoms with Gasteiger partial charge in [0.1, 0.15) is 6.54 Å². The fourth-order valence-electron chi connectivity index (χ4n) is 3.88. The van der Waals surface area contributed by atoms with Gasteiger partial charge in [-0.2, -0.15) is 0 Å². The van der Waals surface area contributed by atoms with Gasteiger partial charge in [-0.15, -0.1) is 0 Å². The third-order valence-electron chi connectivity index (χ3n) is 5.33. The van der Waals surface area contributed by atoms with Crippen LogP contribution < -0.4 is 5.32 Å². The standard InChI is InChI=1S/C16H24N4O5/c1-25-8-7-18-5-2-3-16(14(18)23)4-6-19(11-16)13(22)10-20-12(21)9-17-15(20)24/h2-11H2,1H3,(H,17,24)/t16-/m1/s1. The van der Waals surface area contributed by atoms with Crippen LogP contribution in [0.1, 0.15) is 19.3 Å². The van der Waals surface area contributed by atoms with Gasteiger partial charge in [0.15, 0.2) is 0 Å². The van der Waals surface area contributed by atoms with Crippen molar-refractivity contribution in [2.75, 3.05) is 53.0 Å². The van der Waals surface area contributed by atoms with Gasteiger partial charge in [-0.1, -0.05) is 0 Å². The molecule has 1 spiro atoms. The first-order valence-electron chi connectivity index (χ1n) is 8.61. The molecule has 3 rings (SSSR count). The molecule has 0 aliphatic carbocycles. The highest BCUT2D eigenvalue weighted by molar-refractivity contribution is 6.04. The minimum absolute atomic E-state index is 0.0665. The summed E-state index contributed by atoms with van der Waals surface area (Å²) in [6.45, 7) is 2.29. The van der Waals surface area contributed by atoms with Gasteiger partial charge in [-0.05, 0) is 19.3 Å². The second-order valence-corrected chi connectivity index (χ2v) is 6.87. The van der Waals surface area contributed by atoms with Crippen molar-refractivity contribution in [3.8, 4) is 0 Å². The summed E-state index contributed by atoms with van der Waals surface area (Å²) in [5.74, 6) is -0.600. The molecule has 3 saturated heterocycles. The average Bonchev–Trinajstić information content (AvgIpc) is 3.16. The monoisotopic (exact) mass is 352 g/mol. The molecule has 25 heavy (non-hydrogen) atoms. The van der Waals surface area contributed by atoms with E-state index < -0.39 is 17.4 Å². The number of piperidine rings is 1. The number of carbonyl (C=O) groups excluding carboxylic acids is 4. The van der Waals surface area contributed by atoms with Crippen molar-refractivity contribution in [2.24, 2.45) is 5.41 Å². The summed E-state index contributed by atoms with van der Waals surface area (Å²) in [6, 6.07) is -0.535. The zero-order valence-corrected chi connectivity index (χ0v) is 14.5. The zero-order valence-electron chi connectivity index (χ0n) is 14.5. The Hall–Kier alpha value is -2.16. The fraction of sp³-hybridized carbons (Fsp3) is 0.750. The highest BCUT2D eigenvalue weighted by Crippen LogP contribution is 2.40. The van der Waals surface area contributed by atoms with E-state index in [2.05, 4.69) is 5.32 Å². The van der Waals surface area contributed by atoms with E-state index >= 15 is 0 Å². The normalized spacial score (nSPS) is 26.8. The molecule has 0 saturated carbocycles. The second-order valence-electron chi connectivity index (χ2n) is 6.87. The van der Waals surface area contributed by atoms with Crippen LogP contribution in [-0.2, 0) is 19.1 Å². The van der Waals surface area contributed by atoms with Gasteiger partial charge in [0.2, 0.25) is 11.8 Å². The number of imide groups is 1. The van der Waals surface area contributed by atoms with Crippen molar-refractivity contribution < 1.29 is 23.9 Å². The molecular formula is C16H24N4O5. The lowest BCUT2D eigenvalue weighted by atomic mass is 9.78. The third kappa shape index (κ3) is 3.33. The molecule has 3 aliphatic rings. The lowest BCUT2D eigenvalue weighted by Crippen LogP contribution is -2.51. The van der Waals surface area contributed by atoms with Crippen LogP contribution in [-0.4, -0.2) is 91.4 Å². The molecule has 3 aliphatic heterocycles. The summed E-state index contributed by atoms with van der Waals surface area (Å²) in [5.41, 5.74) is -0.529. The van der Waals surface area contributed by atoms with E-state index in [-0.39, 0.29) is 24.9 Å². The lowest BCUT2D eigenvalue weighted by molar-refractivity contribution is -0.147. The van der Waals surface area contributed by atoms with Crippen molar-refractivity contribution in [3.63, 3.8) is 0 Å². The molecule has 3 heterocycles. The van der Waals surface area contributed by atoms with Crippen molar-refractivity contribution >= 4 is 23.8 Å². The number of likely N-dealkylation sites (tertiary alicyclic amines) is 2. The fourth-order valence-corrected chi connectivity index (χ4v) is 3.88. The molecule has 1 N–H and O–H groups in total. The Morgan fingerprint density at radius 3 is 2.72 bits per heavy atom. The molecule has 9 heteroatoms. The van der Waals surface area contributed by atoms with Gasteiger partial charge in [0.25, 0.3) is 5.91 Å². The molecule has 138 valence electrons. The summed E-state index contributed by atoms with van der Waals surface area (Å²) in [4.78, 5) is 52.9. The van der Waals surface area contributed by atoms with Gasteiger partial charge in [0, 0.05) is 33.3 Å². The predicted octanol–water partition coefficient (Wildman–Crippen LogP) is -0.974. The molecular weight excluding hydrogens is 328 g/mol. The topological polar surface area (TPSA) is 99.3 Å². The summed E-state index contributed by atoms with van der Waals surface area (Å²) < 4.78 is 5.06. The second kappa shape index (κ2) is 6.99. The van der Waals surface area contributed by atoms with Crippen LogP contribution in [0.2, 0.25) is 0 Å². The zero-order chi connectivity index (χ0) is 18.0. The Morgan fingerprint density at radius 2 is 2.04 bits per heavy atom. The molecule has 1 atom stereocenters. The Bertz CT molecular complexity index is 579. The van der Waals surface area contributed by atoms with Crippen LogP contribution in [0.3, 0.4) is 0 Å². The Labute approximate surface area is 146 Å². The Kier molecular flexibility index (Phi) is 4.94. The number of methoxy groups -OCH3 is 1. The van der Waals surface area contributed by atoms with Gasteiger partial charge < -0.3 is 19.9 Å². The number of hydrogen-bond donors (Lipinski definition) is 1. The molecule has 0 bridgehead atoms. The number of amides is 5. The maximum absolute atomic E-state index is 12.9. The quantitative estimate of drug-likeness (QED) is 0.642. The van der Waals surface area contributed by atoms with Crippen LogP contribution in [0.5, 0.6) is 0 Å². The van der Waals surface area contributed by atoms with E-state index in [1.807, 2.05) is 4.90 Å². The van der Waals surface area contributed by atoms with Crippen molar-refractivity contribution in [2.45, 2.75) is 19.3 Å². The maximum Gasteiger partial charge on any atom is 0.325 e. The van der Waals surface area contributed by atoms with Gasteiger partial charge >= 0.3 is 6.03 Å². The van der Waals surface area contributed by atoms with Crippen LogP contribution in [0.25, 0.3) is 0 Å². The highest BCUT2D eigenvalue weighted by Gasteiger charge is 2.49. The highest BCUT2D eigenvalue weighted by atomic mass is 16.5. The van der Waals surface area contributed by atoms with Gasteiger partial charge in [-0.3, -0.25) is 19.3 Å². The minimum atomic E-state index is -0.535. The summed E-state index contributed by atoms with van der Waals surface area (Å²) in [5, 5.41) is 2.40. The summed E-state index contributed by atoms with van der Waals surface area (Å²) in [6.07, 6.45) is 2.30. The van der Waals surface area contributed by atoms with E-state index in [1.165, 1.54) is 0 Å². The SMILES string of the molecule is COCCN1CCC[C@]2(CCN(C(=O)CN3C(=O)CNC3=O)C2)C1=O. The lowest BCUT2D eigenvalue weighted by Gasteiger charge is -2.39. The molecule has 3 fully saturated rings. The first-order chi connectivity index (χ1) is 12.0. The van der Waals surface area contributed by atoms with E-state index in [0.29, 0.717) is 32.7 Å². The van der Waals surface area contributed by atoms with E-state index in [1.54, 1.807) is 12.0 Å². The molecule has 0 aromatic carbocycles. The largest absolute Gasteiger partial charge is 0.383 e. The van der Waals surface area contributed by atoms with Gasteiger partial charge in [0.05, 0.1) is 18.6 Å². The first-order valence-corrected chi connectivity index (χ1v) is 8.61. The van der Waals surface area contributed by atoms with Crippen molar-refractivity contribution in [3.05, 3.63) is 0 Å². The van der Waals surface area contributed by atoms with Crippen LogP contribution in [0, 0.1) is 5.41 Å². The van der Waals surface area contributed by atoms with Crippen LogP contribution in [0.15, 0.2) is 0 Å². The number of nitrogens with zero attached hydrogens (tertiary/aromatic N) is 3. The predicted molar refractivity (Wildman–Crippen MR) is 86.4 cm³/mol. The van der Waals surface area contributed by atoms with Crippen molar-refractivity contribution in [1.29, 1.82) is 0 Å². The third-order valence-corrected chi connectivity index (χ3v) is 5.33. The molecule has 0 aromatic rings. The maximum atomic E-state index is 12.9. The van der Waals surface area contributed by atoms with Crippen molar-refractivity contribution in [1.82, 2.24) is 20.0 Å². The molecule has 5 amide bonds. The summed E-state index contributed by atoms with van der Waals surface area (Å²) in [7, 11) is 1.61. The smallest absolute Gasteiger partial charge is 0.325 e. The number of nitrogens with one attached hydrogen (secondary N) is 1. The number of urea groups is 1. The minimum Gasteiger partial charge on any atom is -0.383 e. The number of ether oxygens (including phenoxy) is 1. The van der Waals surface area contributed by atoms with Gasteiger partial charge in [-0.25, -0.2) is 4.79 Å². The number of carbonyl (C=O) groups is 4. The molecule has 0 aromatic heterocycles. The Morgan fingerprint density at radius 1 is 1.24 bits per heavy atom. The number of hydrogen-bond acceptors (Lipinski definition) is 5. The van der Waals surface area contributed by atoms with E-state index in [9.17, 15) is 19.2 Å². The van der Waals surface area contributed by atoms with Crippen LogP contribution >= 0.6 is 0 Å². The van der Waals surface area contributed by atoms with Crippen LogP contribution in [0.4, 0.5) is 4.79 Å². The molecule has 0 radical (unpaired) electrons. The number of rotatable bonds is 5. The summed E-state index contributed by atoms with van der Waals surface area (Å²) >= 11 is 0. The molecule has 0 unspecified atom stereocenters. The first kappa shape index (κ1) is 17.7. The van der Waals surface area contributed by atoms with E-state index in [0.717, 1.165) is 24.3 Å². The Balaban J connectivity index is 1.62. The average molecular weight is 352 g/mol.